The maximum absolute atomic E-state index is 9.26. The molecule has 60 valence electrons. The summed E-state index contributed by atoms with van der Waals surface area (Å²) in [5, 5.41) is 11.3. The fourth-order valence-electron chi connectivity index (χ4n) is 1.12. The van der Waals surface area contributed by atoms with Gasteiger partial charge in [0.25, 0.3) is 0 Å². The lowest BCUT2D eigenvalue weighted by Crippen LogP contribution is -1.79. The molecule has 0 bridgehead atoms. The monoisotopic (exact) mass is 223 g/mol. The van der Waals surface area contributed by atoms with Gasteiger partial charge in [0, 0.05) is 17.0 Å². The Morgan fingerprint density at radius 1 is 1.25 bits per heavy atom. The number of hydrogen-bond acceptors (Lipinski definition) is 2. The summed E-state index contributed by atoms with van der Waals surface area (Å²) in [4.78, 5) is 3.82. The number of hydrogen-bond donors (Lipinski definition) is 1. The number of aromatic hydroxyl groups is 1. The third-order valence-electron chi connectivity index (χ3n) is 1.72. The van der Waals surface area contributed by atoms with Gasteiger partial charge in [0.15, 0.2) is 0 Å². The van der Waals surface area contributed by atoms with Gasteiger partial charge in [-0.3, -0.25) is 0 Å². The Kier molecular flexibility index (Phi) is 1.73. The molecule has 0 atom stereocenters. The number of nitrogens with zero attached hydrogens (tertiary/aromatic N) is 1. The van der Waals surface area contributed by atoms with Gasteiger partial charge in [0.2, 0.25) is 5.88 Å². The number of pyridine rings is 1. The maximum atomic E-state index is 9.26. The van der Waals surface area contributed by atoms with Gasteiger partial charge in [-0.15, -0.1) is 0 Å². The van der Waals surface area contributed by atoms with E-state index in [4.69, 9.17) is 0 Å². The molecule has 0 amide bonds. The Labute approximate surface area is 78.0 Å². The summed E-state index contributed by atoms with van der Waals surface area (Å²) < 4.78 is 0.653. The molecule has 0 radical (unpaired) electrons. The molecule has 3 heteroatoms. The van der Waals surface area contributed by atoms with E-state index in [2.05, 4.69) is 20.9 Å². The smallest absolute Gasteiger partial charge is 0.226 e. The number of aromatic nitrogens is 1. The highest BCUT2D eigenvalue weighted by Gasteiger charge is 2.02. The third-order valence-corrected chi connectivity index (χ3v) is 2.50. The van der Waals surface area contributed by atoms with E-state index in [1.165, 1.54) is 0 Å². The molecule has 0 spiro atoms. The second-order valence-corrected chi connectivity index (χ2v) is 3.28. The second kappa shape index (κ2) is 2.75. The molecule has 0 saturated heterocycles. The maximum Gasteiger partial charge on any atom is 0.226 e. The van der Waals surface area contributed by atoms with Crippen LogP contribution in [0.5, 0.6) is 5.88 Å². The number of benzene rings is 1. The molecule has 0 aliphatic carbocycles. The minimum atomic E-state index is 0.0358. The topological polar surface area (TPSA) is 33.1 Å². The Morgan fingerprint density at radius 2 is 2.00 bits per heavy atom. The molecule has 1 aromatic heterocycles. The normalized spacial score (nSPS) is 10.4. The molecule has 1 aromatic carbocycles. The molecule has 1 heterocycles. The third kappa shape index (κ3) is 1.06. The molecule has 0 fully saturated rings. The van der Waals surface area contributed by atoms with Crippen molar-refractivity contribution in [2.45, 2.75) is 0 Å². The van der Waals surface area contributed by atoms with Gasteiger partial charge < -0.3 is 5.11 Å². The quantitative estimate of drug-likeness (QED) is 0.746. The van der Waals surface area contributed by atoms with Crippen molar-refractivity contribution in [3.8, 4) is 5.88 Å². The Morgan fingerprint density at radius 3 is 2.83 bits per heavy atom. The average Bonchev–Trinajstić information content (AvgIpc) is 2.12. The Balaban J connectivity index is 2.91. The van der Waals surface area contributed by atoms with Crippen molar-refractivity contribution in [1.29, 1.82) is 0 Å². The molecule has 2 rings (SSSR count). The molecule has 1 N–H and O–H groups in total. The molecule has 0 saturated carbocycles. The molecular weight excluding hydrogens is 218 g/mol. The van der Waals surface area contributed by atoms with E-state index in [1.807, 2.05) is 24.3 Å². The van der Waals surface area contributed by atoms with Gasteiger partial charge in [-0.2, -0.15) is 0 Å². The van der Waals surface area contributed by atoms with Crippen LogP contribution in [0, 0.1) is 0 Å². The predicted molar refractivity (Wildman–Crippen MR) is 51.1 cm³/mol. The summed E-state index contributed by atoms with van der Waals surface area (Å²) >= 11 is 3.27. The van der Waals surface area contributed by atoms with Crippen molar-refractivity contribution in [2.24, 2.45) is 0 Å². The molecule has 0 unspecified atom stereocenters. The van der Waals surface area contributed by atoms with Gasteiger partial charge in [0.1, 0.15) is 0 Å². The first kappa shape index (κ1) is 7.55. The molecule has 2 aromatic rings. The summed E-state index contributed by atoms with van der Waals surface area (Å²) in [6, 6.07) is 7.74. The van der Waals surface area contributed by atoms with Crippen molar-refractivity contribution >= 4 is 26.7 Å². The molecule has 2 nitrogen and oxygen atoms in total. The van der Waals surface area contributed by atoms with Crippen molar-refractivity contribution in [2.75, 3.05) is 0 Å². The van der Waals surface area contributed by atoms with E-state index < -0.39 is 0 Å². The van der Waals surface area contributed by atoms with Crippen molar-refractivity contribution in [3.63, 3.8) is 0 Å². The lowest BCUT2D eigenvalue weighted by molar-refractivity contribution is 0.451. The van der Waals surface area contributed by atoms with Crippen LogP contribution < -0.4 is 0 Å². The van der Waals surface area contributed by atoms with Crippen molar-refractivity contribution < 1.29 is 5.11 Å². The van der Waals surface area contributed by atoms with Crippen LogP contribution in [0.2, 0.25) is 0 Å². The zero-order valence-corrected chi connectivity index (χ0v) is 7.75. The van der Waals surface area contributed by atoms with Crippen LogP contribution in [0.3, 0.4) is 0 Å². The van der Waals surface area contributed by atoms with E-state index >= 15 is 0 Å². The zero-order valence-electron chi connectivity index (χ0n) is 6.16. The zero-order chi connectivity index (χ0) is 8.55. The summed E-state index contributed by atoms with van der Waals surface area (Å²) in [5.41, 5.74) is 0. The Bertz CT molecular complexity index is 428. The molecule has 0 aliphatic rings. The molecule has 12 heavy (non-hydrogen) atoms. The highest BCUT2D eigenvalue weighted by Crippen LogP contribution is 2.29. The van der Waals surface area contributed by atoms with Crippen LogP contribution in [0.25, 0.3) is 10.8 Å². The summed E-state index contributed by atoms with van der Waals surface area (Å²) in [6.45, 7) is 0. The van der Waals surface area contributed by atoms with Crippen LogP contribution in [-0.4, -0.2) is 10.1 Å². The highest BCUT2D eigenvalue weighted by molar-refractivity contribution is 9.10. The van der Waals surface area contributed by atoms with Crippen LogP contribution in [0.1, 0.15) is 0 Å². The SMILES string of the molecule is Oc1ncc2ccccc2c1Br. The predicted octanol–water partition coefficient (Wildman–Crippen LogP) is 2.70. The molecule has 0 aliphatic heterocycles. The van der Waals surface area contributed by atoms with E-state index in [0.29, 0.717) is 4.47 Å². The minimum Gasteiger partial charge on any atom is -0.492 e. The van der Waals surface area contributed by atoms with E-state index in [0.717, 1.165) is 10.8 Å². The fourth-order valence-corrected chi connectivity index (χ4v) is 1.58. The summed E-state index contributed by atoms with van der Waals surface area (Å²) in [6.07, 6.45) is 1.65. The van der Waals surface area contributed by atoms with Gasteiger partial charge in [0.05, 0.1) is 4.47 Å². The minimum absolute atomic E-state index is 0.0358. The van der Waals surface area contributed by atoms with Gasteiger partial charge in [-0.1, -0.05) is 24.3 Å². The first-order valence-corrected chi connectivity index (χ1v) is 4.30. The first-order chi connectivity index (χ1) is 5.79. The Hall–Kier alpha value is -1.09. The van der Waals surface area contributed by atoms with Gasteiger partial charge in [-0.25, -0.2) is 4.98 Å². The second-order valence-electron chi connectivity index (χ2n) is 2.48. The number of fused-ring (bicyclic) bond motifs is 1. The van der Waals surface area contributed by atoms with Crippen LogP contribution in [-0.2, 0) is 0 Å². The van der Waals surface area contributed by atoms with Gasteiger partial charge in [-0.05, 0) is 15.9 Å². The number of rotatable bonds is 0. The largest absolute Gasteiger partial charge is 0.492 e. The number of halogens is 1. The summed E-state index contributed by atoms with van der Waals surface area (Å²) in [5.74, 6) is 0.0358. The van der Waals surface area contributed by atoms with Crippen LogP contribution in [0.15, 0.2) is 34.9 Å². The van der Waals surface area contributed by atoms with E-state index in [1.54, 1.807) is 6.20 Å². The van der Waals surface area contributed by atoms with Crippen molar-refractivity contribution in [1.82, 2.24) is 4.98 Å². The lowest BCUT2D eigenvalue weighted by Gasteiger charge is -2.00. The molecular formula is C9H6BrNO. The van der Waals surface area contributed by atoms with Crippen LogP contribution >= 0.6 is 15.9 Å². The van der Waals surface area contributed by atoms with Crippen LogP contribution in [0.4, 0.5) is 0 Å². The summed E-state index contributed by atoms with van der Waals surface area (Å²) in [7, 11) is 0. The standard InChI is InChI=1S/C9H6BrNO/c10-8-7-4-2-1-3-6(7)5-11-9(8)12/h1-5H,(H,11,12). The fraction of sp³-hybridized carbons (Fsp3) is 0. The van der Waals surface area contributed by atoms with Crippen molar-refractivity contribution in [3.05, 3.63) is 34.9 Å². The van der Waals surface area contributed by atoms with E-state index in [-0.39, 0.29) is 5.88 Å². The first-order valence-electron chi connectivity index (χ1n) is 3.51. The van der Waals surface area contributed by atoms with Gasteiger partial charge >= 0.3 is 0 Å². The van der Waals surface area contributed by atoms with E-state index in [9.17, 15) is 5.11 Å². The highest BCUT2D eigenvalue weighted by atomic mass is 79.9. The lowest BCUT2D eigenvalue weighted by atomic mass is 10.2. The average molecular weight is 224 g/mol.